The molecule has 6 heteroatoms. The van der Waals surface area contributed by atoms with Crippen molar-refractivity contribution in [3.63, 3.8) is 0 Å². The second-order valence-electron chi connectivity index (χ2n) is 6.90. The topological polar surface area (TPSA) is 57.2 Å². The molecule has 0 atom stereocenters. The van der Waals surface area contributed by atoms with E-state index in [-0.39, 0.29) is 6.09 Å². The molecular formula is C22H45NO5. The summed E-state index contributed by atoms with van der Waals surface area (Å²) in [6.07, 6.45) is 9.35. The van der Waals surface area contributed by atoms with Crippen molar-refractivity contribution in [1.29, 1.82) is 0 Å². The van der Waals surface area contributed by atoms with Gasteiger partial charge in [0, 0.05) is 39.3 Å². The molecule has 0 aliphatic carbocycles. The molecule has 0 spiro atoms. The molecule has 0 rings (SSSR count). The molecule has 6 nitrogen and oxygen atoms in total. The van der Waals surface area contributed by atoms with E-state index < -0.39 is 5.97 Å². The number of nitrogens with zero attached hydrogens (tertiary/aromatic N) is 1. The van der Waals surface area contributed by atoms with Crippen LogP contribution in [0.5, 0.6) is 0 Å². The lowest BCUT2D eigenvalue weighted by atomic mass is 10.1. The highest BCUT2D eigenvalue weighted by Crippen LogP contribution is 2.24. The van der Waals surface area contributed by atoms with E-state index in [4.69, 9.17) is 18.9 Å². The fourth-order valence-electron chi connectivity index (χ4n) is 3.23. The first kappa shape index (κ1) is 27.1. The van der Waals surface area contributed by atoms with Crippen LogP contribution in [0.3, 0.4) is 0 Å². The van der Waals surface area contributed by atoms with Crippen molar-refractivity contribution >= 4 is 6.09 Å². The second kappa shape index (κ2) is 18.2. The summed E-state index contributed by atoms with van der Waals surface area (Å²) >= 11 is 0. The SMILES string of the molecule is CCCN(CC)C(=O)OCCCCCCCCCC(OCC)(OCC)OCC. The minimum Gasteiger partial charge on any atom is -0.449 e. The zero-order chi connectivity index (χ0) is 21.1. The van der Waals surface area contributed by atoms with Crippen LogP contribution in [0.4, 0.5) is 4.79 Å². The van der Waals surface area contributed by atoms with Crippen LogP contribution < -0.4 is 0 Å². The smallest absolute Gasteiger partial charge is 0.409 e. The Morgan fingerprint density at radius 1 is 0.750 bits per heavy atom. The Kier molecular flexibility index (Phi) is 17.6. The molecule has 0 aromatic heterocycles. The first-order chi connectivity index (χ1) is 13.6. The molecule has 0 heterocycles. The summed E-state index contributed by atoms with van der Waals surface area (Å²) in [6, 6.07) is 0. The maximum Gasteiger partial charge on any atom is 0.409 e. The van der Waals surface area contributed by atoms with Gasteiger partial charge in [0.2, 0.25) is 0 Å². The molecule has 0 fully saturated rings. The number of rotatable bonds is 19. The summed E-state index contributed by atoms with van der Waals surface area (Å²) in [6.45, 7) is 13.7. The fourth-order valence-corrected chi connectivity index (χ4v) is 3.23. The van der Waals surface area contributed by atoms with Gasteiger partial charge in [-0.15, -0.1) is 0 Å². The van der Waals surface area contributed by atoms with Gasteiger partial charge in [0.05, 0.1) is 6.61 Å². The van der Waals surface area contributed by atoms with Gasteiger partial charge < -0.3 is 23.8 Å². The summed E-state index contributed by atoms with van der Waals surface area (Å²) in [5.74, 6) is -0.869. The van der Waals surface area contributed by atoms with Crippen molar-refractivity contribution in [2.45, 2.75) is 98.4 Å². The molecule has 0 aliphatic heterocycles. The molecule has 1 amide bonds. The summed E-state index contributed by atoms with van der Waals surface area (Å²) < 4.78 is 22.6. The maximum absolute atomic E-state index is 11.9. The van der Waals surface area contributed by atoms with Crippen molar-refractivity contribution < 1.29 is 23.7 Å². The van der Waals surface area contributed by atoms with Crippen LogP contribution in [-0.2, 0) is 18.9 Å². The van der Waals surface area contributed by atoms with Crippen molar-refractivity contribution in [1.82, 2.24) is 4.90 Å². The quantitative estimate of drug-likeness (QED) is 0.203. The second-order valence-corrected chi connectivity index (χ2v) is 6.90. The van der Waals surface area contributed by atoms with Crippen molar-refractivity contribution in [2.24, 2.45) is 0 Å². The Labute approximate surface area is 173 Å². The zero-order valence-electron chi connectivity index (χ0n) is 19.1. The third-order valence-electron chi connectivity index (χ3n) is 4.58. The van der Waals surface area contributed by atoms with Crippen LogP contribution in [-0.4, -0.2) is 56.5 Å². The molecule has 28 heavy (non-hydrogen) atoms. The Morgan fingerprint density at radius 3 is 1.71 bits per heavy atom. The first-order valence-electron chi connectivity index (χ1n) is 11.4. The van der Waals surface area contributed by atoms with Crippen LogP contribution in [0, 0.1) is 0 Å². The van der Waals surface area contributed by atoms with E-state index in [1.807, 2.05) is 27.7 Å². The van der Waals surface area contributed by atoms with Gasteiger partial charge in [-0.2, -0.15) is 0 Å². The molecule has 0 radical (unpaired) electrons. The predicted molar refractivity (Wildman–Crippen MR) is 113 cm³/mol. The maximum atomic E-state index is 11.9. The van der Waals surface area contributed by atoms with Crippen LogP contribution in [0.1, 0.15) is 92.4 Å². The van der Waals surface area contributed by atoms with Gasteiger partial charge in [-0.1, -0.05) is 39.0 Å². The third-order valence-corrected chi connectivity index (χ3v) is 4.58. The van der Waals surface area contributed by atoms with Crippen molar-refractivity contribution in [2.75, 3.05) is 39.5 Å². The number of unbranched alkanes of at least 4 members (excludes halogenated alkanes) is 6. The number of carbonyl (C=O) groups is 1. The highest BCUT2D eigenvalue weighted by Gasteiger charge is 2.31. The lowest BCUT2D eigenvalue weighted by Gasteiger charge is -2.32. The van der Waals surface area contributed by atoms with E-state index in [1.165, 1.54) is 19.3 Å². The molecule has 0 aromatic rings. The van der Waals surface area contributed by atoms with E-state index in [0.717, 1.165) is 45.1 Å². The Balaban J connectivity index is 3.76. The van der Waals surface area contributed by atoms with Gasteiger partial charge in [-0.25, -0.2) is 4.79 Å². The number of ether oxygens (including phenoxy) is 4. The van der Waals surface area contributed by atoms with Gasteiger partial charge in [-0.3, -0.25) is 0 Å². The normalized spacial score (nSPS) is 11.6. The standard InChI is InChI=1S/C22H45NO5/c1-6-19-23(7-2)21(24)25-20-17-15-13-11-12-14-16-18-22(26-8-3,27-9-4)28-10-5/h6-20H2,1-5H3. The average Bonchev–Trinajstić information content (AvgIpc) is 2.68. The highest BCUT2D eigenvalue weighted by atomic mass is 16.9. The molecule has 0 unspecified atom stereocenters. The monoisotopic (exact) mass is 403 g/mol. The molecular weight excluding hydrogens is 358 g/mol. The molecule has 0 N–H and O–H groups in total. The minimum atomic E-state index is -0.869. The number of hydrogen-bond acceptors (Lipinski definition) is 5. The predicted octanol–water partition coefficient (Wildman–Crippen LogP) is 5.74. The average molecular weight is 404 g/mol. The Morgan fingerprint density at radius 2 is 1.25 bits per heavy atom. The van der Waals surface area contributed by atoms with Crippen molar-refractivity contribution in [3.05, 3.63) is 0 Å². The number of carbonyl (C=O) groups excluding carboxylic acids is 1. The van der Waals surface area contributed by atoms with Gasteiger partial charge in [0.25, 0.3) is 5.97 Å². The van der Waals surface area contributed by atoms with E-state index >= 15 is 0 Å². The summed E-state index contributed by atoms with van der Waals surface area (Å²) in [4.78, 5) is 13.6. The Bertz CT molecular complexity index is 348. The van der Waals surface area contributed by atoms with Gasteiger partial charge in [-0.05, 0) is 47.0 Å². The molecule has 0 aromatic carbocycles. The molecule has 0 saturated carbocycles. The van der Waals surface area contributed by atoms with Crippen LogP contribution in [0.25, 0.3) is 0 Å². The lowest BCUT2D eigenvalue weighted by Crippen LogP contribution is -2.39. The summed E-state index contributed by atoms with van der Waals surface area (Å²) in [5.41, 5.74) is 0. The number of amides is 1. The molecule has 0 bridgehead atoms. The van der Waals surface area contributed by atoms with Gasteiger partial charge in [0.15, 0.2) is 0 Å². The molecule has 0 saturated heterocycles. The summed E-state index contributed by atoms with van der Waals surface area (Å²) in [5, 5.41) is 0. The largest absolute Gasteiger partial charge is 0.449 e. The van der Waals surface area contributed by atoms with Crippen LogP contribution >= 0.6 is 0 Å². The van der Waals surface area contributed by atoms with Crippen molar-refractivity contribution in [3.8, 4) is 0 Å². The van der Waals surface area contributed by atoms with Gasteiger partial charge in [0.1, 0.15) is 0 Å². The van der Waals surface area contributed by atoms with Crippen LogP contribution in [0.15, 0.2) is 0 Å². The summed E-state index contributed by atoms with van der Waals surface area (Å²) in [7, 11) is 0. The first-order valence-corrected chi connectivity index (χ1v) is 11.4. The third kappa shape index (κ3) is 12.6. The minimum absolute atomic E-state index is 0.175. The Hall–Kier alpha value is -0.850. The number of hydrogen-bond donors (Lipinski definition) is 0. The highest BCUT2D eigenvalue weighted by molar-refractivity contribution is 5.67. The van der Waals surface area contributed by atoms with Crippen LogP contribution in [0.2, 0.25) is 0 Å². The lowest BCUT2D eigenvalue weighted by molar-refractivity contribution is -0.380. The van der Waals surface area contributed by atoms with E-state index in [9.17, 15) is 4.79 Å². The van der Waals surface area contributed by atoms with E-state index in [2.05, 4.69) is 6.92 Å². The fraction of sp³-hybridized carbons (Fsp3) is 0.955. The molecule has 0 aliphatic rings. The van der Waals surface area contributed by atoms with E-state index in [1.54, 1.807) is 4.90 Å². The van der Waals surface area contributed by atoms with E-state index in [0.29, 0.717) is 33.0 Å². The van der Waals surface area contributed by atoms with Gasteiger partial charge >= 0.3 is 6.09 Å². The molecule has 168 valence electrons. The zero-order valence-corrected chi connectivity index (χ0v) is 19.1.